The van der Waals surface area contributed by atoms with Gasteiger partial charge in [-0.25, -0.2) is 0 Å². The molecule has 2 aromatic rings. The number of aryl methyl sites for hydroxylation is 1. The Balaban J connectivity index is 2.11. The van der Waals surface area contributed by atoms with Crippen molar-refractivity contribution >= 4 is 17.8 Å². The molecule has 2 rings (SSSR count). The Morgan fingerprint density at radius 1 is 0.722 bits per heavy atom. The number of hydrogen-bond acceptors (Lipinski definition) is 1. The van der Waals surface area contributed by atoms with Crippen LogP contribution in [-0.2, 0) is 0 Å². The van der Waals surface area contributed by atoms with Gasteiger partial charge in [0, 0.05) is 19.8 Å². The molecule has 0 saturated carbocycles. The van der Waals surface area contributed by atoms with Crippen LogP contribution in [0.3, 0.4) is 0 Å². The quantitative estimate of drug-likeness (QED) is 0.722. The second-order valence-electron chi connectivity index (χ2n) is 4.73. The van der Waals surface area contributed by atoms with Gasteiger partial charge in [-0.05, 0) is 30.2 Å². The van der Waals surface area contributed by atoms with E-state index in [1.54, 1.807) is 0 Å². The minimum atomic E-state index is 1.22. The number of rotatable bonds is 3. The predicted molar refractivity (Wildman–Crippen MR) is 80.9 cm³/mol. The Morgan fingerprint density at radius 3 is 1.61 bits per heavy atom. The van der Waals surface area contributed by atoms with Crippen molar-refractivity contribution in [3.8, 4) is 0 Å². The molecule has 18 heavy (non-hydrogen) atoms. The minimum Gasteiger partial charge on any atom is -0.378 e. The summed E-state index contributed by atoms with van der Waals surface area (Å²) in [7, 11) is 4.11. The van der Waals surface area contributed by atoms with Crippen molar-refractivity contribution in [1.29, 1.82) is 0 Å². The van der Waals surface area contributed by atoms with Gasteiger partial charge in [-0.1, -0.05) is 54.1 Å². The third-order valence-corrected chi connectivity index (χ3v) is 2.96. The van der Waals surface area contributed by atoms with Crippen LogP contribution in [-0.4, -0.2) is 14.1 Å². The number of benzene rings is 2. The van der Waals surface area contributed by atoms with Crippen molar-refractivity contribution in [3.05, 3.63) is 65.2 Å². The number of nitrogens with zero attached hydrogens (tertiary/aromatic N) is 1. The van der Waals surface area contributed by atoms with Gasteiger partial charge >= 0.3 is 0 Å². The van der Waals surface area contributed by atoms with Crippen LogP contribution >= 0.6 is 0 Å². The van der Waals surface area contributed by atoms with E-state index in [1.165, 1.54) is 22.4 Å². The molecule has 0 atom stereocenters. The predicted octanol–water partition coefficient (Wildman–Crippen LogP) is 4.23. The summed E-state index contributed by atoms with van der Waals surface area (Å²) in [4.78, 5) is 2.10. The summed E-state index contributed by atoms with van der Waals surface area (Å²) in [6, 6.07) is 17.1. The van der Waals surface area contributed by atoms with Crippen LogP contribution in [0.2, 0.25) is 0 Å². The van der Waals surface area contributed by atoms with E-state index < -0.39 is 0 Å². The van der Waals surface area contributed by atoms with Gasteiger partial charge in [0.25, 0.3) is 0 Å². The van der Waals surface area contributed by atoms with Gasteiger partial charge in [-0.2, -0.15) is 0 Å². The average molecular weight is 237 g/mol. The first kappa shape index (κ1) is 12.4. The van der Waals surface area contributed by atoms with E-state index in [-0.39, 0.29) is 0 Å². The Labute approximate surface area is 109 Å². The molecule has 0 aliphatic rings. The normalized spacial score (nSPS) is 10.8. The van der Waals surface area contributed by atoms with E-state index >= 15 is 0 Å². The molecule has 0 aromatic heterocycles. The maximum Gasteiger partial charge on any atom is 0.0361 e. The molecule has 1 heteroatoms. The smallest absolute Gasteiger partial charge is 0.0361 e. The monoisotopic (exact) mass is 237 g/mol. The van der Waals surface area contributed by atoms with Gasteiger partial charge in [0.1, 0.15) is 0 Å². The van der Waals surface area contributed by atoms with Crippen LogP contribution in [0.25, 0.3) is 12.2 Å². The molecule has 0 unspecified atom stereocenters. The van der Waals surface area contributed by atoms with Gasteiger partial charge in [0.2, 0.25) is 0 Å². The molecule has 92 valence electrons. The van der Waals surface area contributed by atoms with Crippen LogP contribution in [0.1, 0.15) is 16.7 Å². The van der Waals surface area contributed by atoms with Crippen molar-refractivity contribution in [2.75, 3.05) is 19.0 Å². The second kappa shape index (κ2) is 5.54. The Morgan fingerprint density at radius 2 is 1.17 bits per heavy atom. The van der Waals surface area contributed by atoms with Crippen molar-refractivity contribution in [1.82, 2.24) is 0 Å². The fourth-order valence-corrected chi connectivity index (χ4v) is 1.75. The summed E-state index contributed by atoms with van der Waals surface area (Å²) in [5.74, 6) is 0. The summed E-state index contributed by atoms with van der Waals surface area (Å²) >= 11 is 0. The molecular formula is C17H19N. The zero-order chi connectivity index (χ0) is 13.0. The van der Waals surface area contributed by atoms with E-state index in [0.717, 1.165) is 0 Å². The first-order chi connectivity index (χ1) is 8.65. The van der Waals surface area contributed by atoms with Gasteiger partial charge < -0.3 is 4.90 Å². The summed E-state index contributed by atoms with van der Waals surface area (Å²) in [5.41, 5.74) is 4.98. The van der Waals surface area contributed by atoms with Gasteiger partial charge in [-0.15, -0.1) is 0 Å². The Hall–Kier alpha value is -2.02. The van der Waals surface area contributed by atoms with Crippen LogP contribution in [0.5, 0.6) is 0 Å². The van der Waals surface area contributed by atoms with E-state index in [1.807, 2.05) is 0 Å². The van der Waals surface area contributed by atoms with E-state index in [0.29, 0.717) is 0 Å². The maximum atomic E-state index is 2.14. The number of hydrogen-bond donors (Lipinski definition) is 0. The summed E-state index contributed by atoms with van der Waals surface area (Å²) in [6.45, 7) is 2.10. The molecule has 0 amide bonds. The highest BCUT2D eigenvalue weighted by Gasteiger charge is 1.93. The molecule has 0 heterocycles. The van der Waals surface area contributed by atoms with Crippen LogP contribution in [0.4, 0.5) is 5.69 Å². The lowest BCUT2D eigenvalue weighted by Crippen LogP contribution is -2.07. The molecule has 0 saturated heterocycles. The minimum absolute atomic E-state index is 1.22. The zero-order valence-electron chi connectivity index (χ0n) is 11.2. The van der Waals surface area contributed by atoms with E-state index in [9.17, 15) is 0 Å². The van der Waals surface area contributed by atoms with Crippen molar-refractivity contribution in [2.24, 2.45) is 0 Å². The van der Waals surface area contributed by atoms with E-state index in [4.69, 9.17) is 0 Å². The topological polar surface area (TPSA) is 3.24 Å². The summed E-state index contributed by atoms with van der Waals surface area (Å²) < 4.78 is 0. The summed E-state index contributed by atoms with van der Waals surface area (Å²) in [6.07, 6.45) is 4.29. The third-order valence-electron chi connectivity index (χ3n) is 2.96. The van der Waals surface area contributed by atoms with Crippen molar-refractivity contribution in [3.63, 3.8) is 0 Å². The lowest BCUT2D eigenvalue weighted by atomic mass is 10.1. The van der Waals surface area contributed by atoms with Gasteiger partial charge in [0.15, 0.2) is 0 Å². The standard InChI is InChI=1S/C17H19N/c1-14-4-6-15(7-5-14)8-9-16-10-12-17(13-11-16)18(2)3/h4-13H,1-3H3. The Kier molecular flexibility index (Phi) is 3.83. The fraction of sp³-hybridized carbons (Fsp3) is 0.176. The summed E-state index contributed by atoms with van der Waals surface area (Å²) in [5, 5.41) is 0. The molecule has 0 N–H and O–H groups in total. The highest BCUT2D eigenvalue weighted by atomic mass is 15.1. The molecule has 0 aliphatic carbocycles. The maximum absolute atomic E-state index is 2.14. The molecule has 0 fully saturated rings. The molecular weight excluding hydrogens is 218 g/mol. The highest BCUT2D eigenvalue weighted by molar-refractivity contribution is 5.70. The SMILES string of the molecule is Cc1ccc(C=Cc2ccc(N(C)C)cc2)cc1. The largest absolute Gasteiger partial charge is 0.378 e. The van der Waals surface area contributed by atoms with Gasteiger partial charge in [-0.3, -0.25) is 0 Å². The molecule has 0 aliphatic heterocycles. The van der Waals surface area contributed by atoms with Gasteiger partial charge in [0.05, 0.1) is 0 Å². The van der Waals surface area contributed by atoms with Crippen LogP contribution in [0, 0.1) is 6.92 Å². The van der Waals surface area contributed by atoms with Crippen molar-refractivity contribution in [2.45, 2.75) is 6.92 Å². The zero-order valence-corrected chi connectivity index (χ0v) is 11.2. The van der Waals surface area contributed by atoms with Crippen LogP contribution in [0.15, 0.2) is 48.5 Å². The Bertz CT molecular complexity index is 519. The molecule has 1 nitrogen and oxygen atoms in total. The molecule has 0 spiro atoms. The molecule has 0 radical (unpaired) electrons. The lowest BCUT2D eigenvalue weighted by Gasteiger charge is -2.11. The molecule has 0 bridgehead atoms. The van der Waals surface area contributed by atoms with Crippen molar-refractivity contribution < 1.29 is 0 Å². The fourth-order valence-electron chi connectivity index (χ4n) is 1.75. The first-order valence-corrected chi connectivity index (χ1v) is 6.17. The highest BCUT2D eigenvalue weighted by Crippen LogP contribution is 2.14. The van der Waals surface area contributed by atoms with Crippen LogP contribution < -0.4 is 4.90 Å². The second-order valence-corrected chi connectivity index (χ2v) is 4.73. The first-order valence-electron chi connectivity index (χ1n) is 6.17. The number of anilines is 1. The molecule has 2 aromatic carbocycles. The third kappa shape index (κ3) is 3.24. The average Bonchev–Trinajstić information content (AvgIpc) is 2.38. The lowest BCUT2D eigenvalue weighted by molar-refractivity contribution is 1.13. The van der Waals surface area contributed by atoms with E-state index in [2.05, 4.69) is 86.6 Å².